The summed E-state index contributed by atoms with van der Waals surface area (Å²) < 4.78 is 37.2. The largest absolute Gasteiger partial charge is 0.473 e. The lowest BCUT2D eigenvalue weighted by atomic mass is 10.0. The summed E-state index contributed by atoms with van der Waals surface area (Å²) in [4.78, 5) is 37.7. The van der Waals surface area contributed by atoms with Crippen molar-refractivity contribution in [3.63, 3.8) is 0 Å². The van der Waals surface area contributed by atoms with E-state index in [1.807, 2.05) is 0 Å². The Bertz CT molecular complexity index is 1230. The first kappa shape index (κ1) is 25.1. The molecule has 9 heteroatoms. The Hall–Kier alpha value is -3.98. The van der Waals surface area contributed by atoms with Crippen LogP contribution >= 0.6 is 15.9 Å². The number of esters is 3. The lowest BCUT2D eigenvalue weighted by molar-refractivity contribution is -0.120. The van der Waals surface area contributed by atoms with Crippen LogP contribution in [0.4, 0.5) is 4.39 Å². The van der Waals surface area contributed by atoms with Gasteiger partial charge in [0, 0.05) is 0 Å². The molecule has 0 N–H and O–H groups in total. The van der Waals surface area contributed by atoms with Crippen molar-refractivity contribution in [1.82, 2.24) is 0 Å². The maximum Gasteiger partial charge on any atom is 0.343 e. The quantitative estimate of drug-likeness (QED) is 0.178. The molecule has 36 heavy (non-hydrogen) atoms. The van der Waals surface area contributed by atoms with Gasteiger partial charge in [-0.2, -0.15) is 0 Å². The molecule has 1 heterocycles. The molecule has 184 valence electrons. The average molecular weight is 555 g/mol. The molecule has 0 saturated carbocycles. The monoisotopic (exact) mass is 554 g/mol. The van der Waals surface area contributed by atoms with Gasteiger partial charge in [0.1, 0.15) is 6.26 Å². The number of alkyl halides is 2. The second-order valence-electron chi connectivity index (χ2n) is 7.63. The Kier molecular flexibility index (Phi) is 8.12. The molecule has 0 radical (unpaired) electrons. The first-order chi connectivity index (χ1) is 17.4. The standard InChI is InChI=1S/C27H20BrFO7/c28-24-23(36-27(32)19-14-8-3-9-15-19)22(35-26(31)18-12-6-2-7-13-18)21(29)20(34-24)16-33-25(30)17-10-4-1-5-11-17/h1-16,21-24H/b20-16+/t21-,22+,23-,24+/m1/s1. The van der Waals surface area contributed by atoms with Crippen LogP contribution in [0, 0.1) is 0 Å². The predicted molar refractivity (Wildman–Crippen MR) is 130 cm³/mol. The van der Waals surface area contributed by atoms with E-state index >= 15 is 4.39 Å². The van der Waals surface area contributed by atoms with E-state index in [4.69, 9.17) is 18.9 Å². The molecule has 3 aromatic rings. The van der Waals surface area contributed by atoms with Crippen molar-refractivity contribution in [1.29, 1.82) is 0 Å². The van der Waals surface area contributed by atoms with Crippen LogP contribution in [0.25, 0.3) is 0 Å². The molecule has 1 saturated heterocycles. The molecule has 3 aromatic carbocycles. The molecule has 0 aromatic heterocycles. The molecule has 0 unspecified atom stereocenters. The Labute approximate surface area is 214 Å². The van der Waals surface area contributed by atoms with E-state index in [1.54, 1.807) is 54.6 Å². The van der Waals surface area contributed by atoms with Gasteiger partial charge in [-0.15, -0.1) is 0 Å². The number of rotatable bonds is 6. The number of ether oxygens (including phenoxy) is 4. The Balaban J connectivity index is 1.57. The zero-order valence-electron chi connectivity index (χ0n) is 18.7. The minimum Gasteiger partial charge on any atom is -0.473 e. The van der Waals surface area contributed by atoms with E-state index in [9.17, 15) is 14.4 Å². The van der Waals surface area contributed by atoms with Gasteiger partial charge < -0.3 is 18.9 Å². The molecule has 1 aliphatic rings. The predicted octanol–water partition coefficient (Wildman–Crippen LogP) is 5.23. The fourth-order valence-electron chi connectivity index (χ4n) is 3.37. The number of benzene rings is 3. The second-order valence-corrected chi connectivity index (χ2v) is 8.54. The highest BCUT2D eigenvalue weighted by Crippen LogP contribution is 2.34. The van der Waals surface area contributed by atoms with Gasteiger partial charge in [-0.1, -0.05) is 54.6 Å². The van der Waals surface area contributed by atoms with Crippen LogP contribution < -0.4 is 0 Å². The molecular weight excluding hydrogens is 535 g/mol. The van der Waals surface area contributed by atoms with E-state index in [2.05, 4.69) is 15.9 Å². The lowest BCUT2D eigenvalue weighted by Gasteiger charge is -2.37. The zero-order chi connectivity index (χ0) is 25.5. The maximum atomic E-state index is 15.6. The van der Waals surface area contributed by atoms with Crippen molar-refractivity contribution in [3.8, 4) is 0 Å². The fraction of sp³-hybridized carbons (Fsp3) is 0.148. The Morgan fingerprint density at radius 3 is 1.58 bits per heavy atom. The summed E-state index contributed by atoms with van der Waals surface area (Å²) in [6, 6.07) is 24.2. The minimum atomic E-state index is -2.11. The van der Waals surface area contributed by atoms with Crippen LogP contribution in [-0.2, 0) is 18.9 Å². The smallest absolute Gasteiger partial charge is 0.343 e. The minimum absolute atomic E-state index is 0.177. The molecule has 0 spiro atoms. The van der Waals surface area contributed by atoms with Gasteiger partial charge in [0.15, 0.2) is 23.0 Å². The topological polar surface area (TPSA) is 88.1 Å². The van der Waals surface area contributed by atoms with Gasteiger partial charge in [0.25, 0.3) is 0 Å². The lowest BCUT2D eigenvalue weighted by Crippen LogP contribution is -2.52. The third-order valence-electron chi connectivity index (χ3n) is 5.19. The highest BCUT2D eigenvalue weighted by atomic mass is 79.9. The summed E-state index contributed by atoms with van der Waals surface area (Å²) in [5.74, 6) is -2.74. The molecule has 1 aliphatic heterocycles. The normalized spacial score (nSPS) is 22.2. The van der Waals surface area contributed by atoms with E-state index < -0.39 is 47.1 Å². The fourth-order valence-corrected chi connectivity index (χ4v) is 3.99. The number of hydrogen-bond donors (Lipinski definition) is 0. The Morgan fingerprint density at radius 2 is 1.11 bits per heavy atom. The van der Waals surface area contributed by atoms with Crippen LogP contribution in [0.1, 0.15) is 31.1 Å². The number of carbonyl (C=O) groups is 3. The molecule has 7 nitrogen and oxygen atoms in total. The Morgan fingerprint density at radius 1 is 0.694 bits per heavy atom. The van der Waals surface area contributed by atoms with Gasteiger partial charge in [-0.05, 0) is 52.3 Å². The SMILES string of the molecule is O=C(O/C=C1/O[C@H](Br)[C@H](OC(=O)c2ccccc2)[C@@H](OC(=O)c2ccccc2)[C@@H]1F)c1ccccc1. The van der Waals surface area contributed by atoms with Gasteiger partial charge in [-0.3, -0.25) is 0 Å². The average Bonchev–Trinajstić information content (AvgIpc) is 2.92. The van der Waals surface area contributed by atoms with Crippen molar-refractivity contribution < 1.29 is 37.7 Å². The van der Waals surface area contributed by atoms with Crippen LogP contribution in [0.5, 0.6) is 0 Å². The third-order valence-corrected chi connectivity index (χ3v) is 5.90. The van der Waals surface area contributed by atoms with E-state index in [1.165, 1.54) is 36.4 Å². The van der Waals surface area contributed by atoms with Gasteiger partial charge >= 0.3 is 17.9 Å². The van der Waals surface area contributed by atoms with Crippen molar-refractivity contribution >= 4 is 33.8 Å². The van der Waals surface area contributed by atoms with Crippen molar-refractivity contribution in [2.24, 2.45) is 0 Å². The second kappa shape index (κ2) is 11.6. The van der Waals surface area contributed by atoms with E-state index in [0.29, 0.717) is 0 Å². The van der Waals surface area contributed by atoms with Crippen LogP contribution in [0.2, 0.25) is 0 Å². The number of halogens is 2. The van der Waals surface area contributed by atoms with Crippen molar-refractivity contribution in [2.75, 3.05) is 0 Å². The molecule has 0 bridgehead atoms. The van der Waals surface area contributed by atoms with Crippen molar-refractivity contribution in [3.05, 3.63) is 120 Å². The maximum absolute atomic E-state index is 15.6. The summed E-state index contributed by atoms with van der Waals surface area (Å²) in [6.45, 7) is 0. The first-order valence-electron chi connectivity index (χ1n) is 10.9. The summed E-state index contributed by atoms with van der Waals surface area (Å²) in [5.41, 5.74) is 0.646. The van der Waals surface area contributed by atoms with E-state index in [0.717, 1.165) is 6.26 Å². The van der Waals surface area contributed by atoms with Crippen molar-refractivity contribution in [2.45, 2.75) is 23.4 Å². The van der Waals surface area contributed by atoms with Gasteiger partial charge in [0.05, 0.1) is 16.7 Å². The molecule has 1 fully saturated rings. The van der Waals surface area contributed by atoms with Crippen LogP contribution in [0.3, 0.4) is 0 Å². The highest BCUT2D eigenvalue weighted by Gasteiger charge is 2.49. The summed E-state index contributed by atoms with van der Waals surface area (Å²) in [5, 5.41) is -1.12. The molecule has 4 rings (SSSR count). The number of carbonyl (C=O) groups excluding carboxylic acids is 3. The molecule has 0 aliphatic carbocycles. The van der Waals surface area contributed by atoms with E-state index in [-0.39, 0.29) is 16.7 Å². The van der Waals surface area contributed by atoms with Gasteiger partial charge in [-0.25, -0.2) is 18.8 Å². The molecular formula is C27H20BrFO7. The molecule has 0 amide bonds. The number of hydrogen-bond acceptors (Lipinski definition) is 7. The van der Waals surface area contributed by atoms with Crippen LogP contribution in [-0.4, -0.2) is 41.3 Å². The third kappa shape index (κ3) is 5.98. The zero-order valence-corrected chi connectivity index (χ0v) is 20.2. The highest BCUT2D eigenvalue weighted by molar-refractivity contribution is 9.09. The van der Waals surface area contributed by atoms with Crippen LogP contribution in [0.15, 0.2) is 103 Å². The summed E-state index contributed by atoms with van der Waals surface area (Å²) in [6.07, 6.45) is -4.26. The summed E-state index contributed by atoms with van der Waals surface area (Å²) >= 11 is 3.22. The summed E-state index contributed by atoms with van der Waals surface area (Å²) in [7, 11) is 0. The molecule has 4 atom stereocenters. The van der Waals surface area contributed by atoms with Gasteiger partial charge in [0.2, 0.25) is 6.17 Å². The first-order valence-corrected chi connectivity index (χ1v) is 11.8.